The molecular formula is C26H23NO2. The minimum Gasteiger partial charge on any atom is -0.375 e. The van der Waals surface area contributed by atoms with Gasteiger partial charge in [0.15, 0.2) is 5.78 Å². The summed E-state index contributed by atoms with van der Waals surface area (Å²) in [5, 5.41) is 1.24. The molecule has 0 radical (unpaired) electrons. The van der Waals surface area contributed by atoms with Gasteiger partial charge in [-0.15, -0.1) is 0 Å². The number of hydrogen-bond acceptors (Lipinski definition) is 2. The number of carbonyl (C=O) groups excluding carboxylic acids is 1. The Morgan fingerprint density at radius 3 is 2.38 bits per heavy atom. The maximum atomic E-state index is 12.9. The van der Waals surface area contributed by atoms with Gasteiger partial charge in [0.05, 0.1) is 13.2 Å². The first-order valence-electron chi connectivity index (χ1n) is 10.1. The van der Waals surface area contributed by atoms with E-state index in [9.17, 15) is 4.79 Å². The van der Waals surface area contributed by atoms with Crippen molar-refractivity contribution in [2.24, 2.45) is 0 Å². The number of nitrogens with zero attached hydrogens (tertiary/aromatic N) is 1. The summed E-state index contributed by atoms with van der Waals surface area (Å²) < 4.78 is 8.34. The minimum atomic E-state index is 0.0772. The first kappa shape index (κ1) is 17.9. The maximum Gasteiger partial charge on any atom is 0.163 e. The van der Waals surface area contributed by atoms with E-state index in [4.69, 9.17) is 4.74 Å². The molecule has 1 aromatic heterocycles. The van der Waals surface area contributed by atoms with Gasteiger partial charge in [-0.05, 0) is 17.2 Å². The van der Waals surface area contributed by atoms with Crippen LogP contribution in [0.25, 0.3) is 10.9 Å². The van der Waals surface area contributed by atoms with Crippen LogP contribution < -0.4 is 0 Å². The van der Waals surface area contributed by atoms with Crippen LogP contribution >= 0.6 is 0 Å². The number of Topliss-reactive ketones (excluding diaryl/α,β-unsaturated/α-hetero) is 1. The first-order chi connectivity index (χ1) is 14.3. The molecule has 0 N–H and O–H groups in total. The highest BCUT2D eigenvalue weighted by atomic mass is 16.5. The van der Waals surface area contributed by atoms with E-state index >= 15 is 0 Å². The van der Waals surface area contributed by atoms with Crippen molar-refractivity contribution in [3.8, 4) is 0 Å². The smallest absolute Gasteiger partial charge is 0.163 e. The standard InChI is InChI=1S/C26H23NO2/c28-25(20-11-5-2-6-12-20)15-21-17-29-18-24-26(21)22-13-7-8-14-23(22)27(24)16-19-9-3-1-4-10-19/h1-14,21H,15-18H2/t21-/m0/s1. The molecule has 0 bridgehead atoms. The molecule has 0 unspecified atom stereocenters. The summed E-state index contributed by atoms with van der Waals surface area (Å²) >= 11 is 0. The van der Waals surface area contributed by atoms with Crippen molar-refractivity contribution < 1.29 is 9.53 Å². The highest BCUT2D eigenvalue weighted by Gasteiger charge is 2.29. The Bertz CT molecular complexity index is 1150. The molecular weight excluding hydrogens is 358 g/mol. The molecule has 0 saturated carbocycles. The molecule has 1 aliphatic heterocycles. The van der Waals surface area contributed by atoms with Gasteiger partial charge >= 0.3 is 0 Å². The van der Waals surface area contributed by atoms with Gasteiger partial charge < -0.3 is 9.30 Å². The molecule has 0 spiro atoms. The second-order valence-electron chi connectivity index (χ2n) is 7.65. The molecule has 0 aliphatic carbocycles. The largest absolute Gasteiger partial charge is 0.375 e. The molecule has 3 heteroatoms. The van der Waals surface area contributed by atoms with Crippen LogP contribution in [0.15, 0.2) is 84.9 Å². The fourth-order valence-corrected chi connectivity index (χ4v) is 4.45. The zero-order chi connectivity index (χ0) is 19.6. The summed E-state index contributed by atoms with van der Waals surface area (Å²) in [5.41, 5.74) is 5.73. The number of rotatable bonds is 5. The van der Waals surface area contributed by atoms with Crippen LogP contribution in [0.1, 0.15) is 39.5 Å². The molecule has 2 heterocycles. The summed E-state index contributed by atoms with van der Waals surface area (Å²) in [7, 11) is 0. The average Bonchev–Trinajstić information content (AvgIpc) is 3.10. The third-order valence-corrected chi connectivity index (χ3v) is 5.80. The maximum absolute atomic E-state index is 12.9. The van der Waals surface area contributed by atoms with Gasteiger partial charge in [0, 0.05) is 41.0 Å². The molecule has 1 aliphatic rings. The van der Waals surface area contributed by atoms with Crippen LogP contribution in [-0.2, 0) is 17.9 Å². The number of fused-ring (bicyclic) bond motifs is 3. The van der Waals surface area contributed by atoms with Crippen LogP contribution in [0.3, 0.4) is 0 Å². The van der Waals surface area contributed by atoms with E-state index in [1.54, 1.807) is 0 Å². The summed E-state index contributed by atoms with van der Waals surface area (Å²) in [6.07, 6.45) is 0.469. The molecule has 29 heavy (non-hydrogen) atoms. The van der Waals surface area contributed by atoms with Gasteiger partial charge in [0.25, 0.3) is 0 Å². The third-order valence-electron chi connectivity index (χ3n) is 5.80. The Morgan fingerprint density at radius 2 is 1.59 bits per heavy atom. The highest BCUT2D eigenvalue weighted by Crippen LogP contribution is 2.38. The lowest BCUT2D eigenvalue weighted by Gasteiger charge is -2.24. The molecule has 0 saturated heterocycles. The zero-order valence-electron chi connectivity index (χ0n) is 16.3. The quantitative estimate of drug-likeness (QED) is 0.423. The zero-order valence-corrected chi connectivity index (χ0v) is 16.3. The van der Waals surface area contributed by atoms with E-state index in [1.165, 1.54) is 27.7 Å². The Labute approximate surface area is 170 Å². The van der Waals surface area contributed by atoms with Crippen molar-refractivity contribution in [3.63, 3.8) is 0 Å². The Hall–Kier alpha value is -3.17. The molecule has 3 nitrogen and oxygen atoms in total. The van der Waals surface area contributed by atoms with Gasteiger partial charge in [0.1, 0.15) is 0 Å². The molecule has 0 amide bonds. The van der Waals surface area contributed by atoms with Gasteiger partial charge in [-0.2, -0.15) is 0 Å². The minimum absolute atomic E-state index is 0.0772. The molecule has 5 rings (SSSR count). The summed E-state index contributed by atoms with van der Waals surface area (Å²) in [4.78, 5) is 12.9. The number of ether oxygens (including phenoxy) is 1. The van der Waals surface area contributed by atoms with Crippen LogP contribution in [0.5, 0.6) is 0 Å². The average molecular weight is 381 g/mol. The summed E-state index contributed by atoms with van der Waals surface area (Å²) in [6.45, 7) is 1.98. The lowest BCUT2D eigenvalue weighted by molar-refractivity contribution is 0.0761. The number of para-hydroxylation sites is 1. The number of hydrogen-bond donors (Lipinski definition) is 0. The van der Waals surface area contributed by atoms with Crippen molar-refractivity contribution in [2.75, 3.05) is 6.61 Å². The van der Waals surface area contributed by atoms with Crippen LogP contribution in [-0.4, -0.2) is 17.0 Å². The Balaban J connectivity index is 1.56. The Morgan fingerprint density at radius 1 is 0.897 bits per heavy atom. The topological polar surface area (TPSA) is 31.2 Å². The lowest BCUT2D eigenvalue weighted by atomic mass is 9.89. The second-order valence-corrected chi connectivity index (χ2v) is 7.65. The van der Waals surface area contributed by atoms with Gasteiger partial charge in [-0.3, -0.25) is 4.79 Å². The van der Waals surface area contributed by atoms with Gasteiger partial charge in [-0.1, -0.05) is 78.9 Å². The van der Waals surface area contributed by atoms with Gasteiger partial charge in [-0.25, -0.2) is 0 Å². The second kappa shape index (κ2) is 7.69. The number of carbonyl (C=O) groups is 1. The fraction of sp³-hybridized carbons (Fsp3) is 0.192. The fourth-order valence-electron chi connectivity index (χ4n) is 4.45. The van der Waals surface area contributed by atoms with Crippen molar-refractivity contribution in [1.82, 2.24) is 4.57 Å². The predicted molar refractivity (Wildman–Crippen MR) is 115 cm³/mol. The molecule has 0 fully saturated rings. The first-order valence-corrected chi connectivity index (χ1v) is 10.1. The lowest BCUT2D eigenvalue weighted by Crippen LogP contribution is -2.21. The highest BCUT2D eigenvalue weighted by molar-refractivity contribution is 5.97. The predicted octanol–water partition coefficient (Wildman–Crippen LogP) is 5.58. The number of benzene rings is 3. The summed E-state index contributed by atoms with van der Waals surface area (Å²) in [6, 6.07) is 28.6. The summed E-state index contributed by atoms with van der Waals surface area (Å²) in [5.74, 6) is 0.250. The van der Waals surface area contributed by atoms with Crippen molar-refractivity contribution in [2.45, 2.75) is 25.5 Å². The van der Waals surface area contributed by atoms with Crippen molar-refractivity contribution in [1.29, 1.82) is 0 Å². The third kappa shape index (κ3) is 3.39. The monoisotopic (exact) mass is 381 g/mol. The van der Waals surface area contributed by atoms with E-state index < -0.39 is 0 Å². The van der Waals surface area contributed by atoms with Crippen LogP contribution in [0.4, 0.5) is 0 Å². The van der Waals surface area contributed by atoms with E-state index in [0.717, 1.165) is 12.1 Å². The molecule has 144 valence electrons. The number of ketones is 1. The van der Waals surface area contributed by atoms with E-state index in [-0.39, 0.29) is 11.7 Å². The van der Waals surface area contributed by atoms with E-state index in [2.05, 4.69) is 53.1 Å². The van der Waals surface area contributed by atoms with Gasteiger partial charge in [0.2, 0.25) is 0 Å². The number of aromatic nitrogens is 1. The molecule has 1 atom stereocenters. The molecule has 3 aromatic carbocycles. The SMILES string of the molecule is O=C(C[C@H]1COCc2c1c1ccccc1n2Cc1ccccc1)c1ccccc1. The van der Waals surface area contributed by atoms with Crippen molar-refractivity contribution >= 4 is 16.7 Å². The van der Waals surface area contributed by atoms with Crippen LogP contribution in [0, 0.1) is 0 Å². The normalized spacial score (nSPS) is 15.9. The molecule has 4 aromatic rings. The van der Waals surface area contributed by atoms with Crippen molar-refractivity contribution in [3.05, 3.63) is 107 Å². The Kier molecular flexibility index (Phi) is 4.74. The van der Waals surface area contributed by atoms with E-state index in [0.29, 0.717) is 19.6 Å². The van der Waals surface area contributed by atoms with E-state index in [1.807, 2.05) is 36.4 Å². The van der Waals surface area contributed by atoms with Crippen LogP contribution in [0.2, 0.25) is 0 Å².